The van der Waals surface area contributed by atoms with E-state index in [0.717, 1.165) is 44.6 Å². The molecule has 1 aliphatic carbocycles. The van der Waals surface area contributed by atoms with E-state index in [1.807, 2.05) is 18.2 Å². The fourth-order valence-corrected chi connectivity index (χ4v) is 9.26. The molecule has 0 N–H and O–H groups in total. The molecule has 9 aromatic carbocycles. The van der Waals surface area contributed by atoms with Gasteiger partial charge in [-0.1, -0.05) is 202 Å². The van der Waals surface area contributed by atoms with E-state index in [1.54, 1.807) is 0 Å². The van der Waals surface area contributed by atoms with Gasteiger partial charge in [0.1, 0.15) is 0 Å². The van der Waals surface area contributed by atoms with E-state index in [-0.39, 0.29) is 5.41 Å². The minimum Gasteiger partial charge on any atom is -0.228 e. The zero-order chi connectivity index (χ0) is 39.5. The Morgan fingerprint density at radius 1 is 0.322 bits per heavy atom. The van der Waals surface area contributed by atoms with Crippen molar-refractivity contribution in [1.82, 2.24) is 9.97 Å². The van der Waals surface area contributed by atoms with Crippen molar-refractivity contribution < 1.29 is 0 Å². The number of aromatic nitrogens is 2. The van der Waals surface area contributed by atoms with E-state index in [1.165, 1.54) is 60.7 Å². The first-order valence-corrected chi connectivity index (χ1v) is 20.4. The second-order valence-corrected chi connectivity index (χ2v) is 16.2. The molecule has 0 saturated carbocycles. The summed E-state index contributed by atoms with van der Waals surface area (Å²) in [5, 5.41) is 4.95. The average Bonchev–Trinajstić information content (AvgIpc) is 3.54. The van der Waals surface area contributed by atoms with Crippen molar-refractivity contribution in [2.75, 3.05) is 0 Å². The molecule has 0 amide bonds. The molecule has 2 nitrogen and oxygen atoms in total. The maximum atomic E-state index is 5.28. The SMILES string of the molecule is CC1(C)c2ccc(-c3ccc(-c4cc(-c5cccc(-c6ccc(-c7ccccc7)cc6)c5)nc(-c5ccccc5)n4)c4ccccc34)cc2-c2c1ccc1ccccc21. The highest BCUT2D eigenvalue weighted by Gasteiger charge is 2.36. The normalized spacial score (nSPS) is 12.7. The quantitative estimate of drug-likeness (QED) is 0.169. The molecule has 0 radical (unpaired) electrons. The van der Waals surface area contributed by atoms with E-state index in [9.17, 15) is 0 Å². The highest BCUT2D eigenvalue weighted by molar-refractivity contribution is 6.07. The summed E-state index contributed by atoms with van der Waals surface area (Å²) in [5.41, 5.74) is 17.4. The van der Waals surface area contributed by atoms with E-state index in [2.05, 4.69) is 202 Å². The fourth-order valence-electron chi connectivity index (χ4n) is 9.26. The van der Waals surface area contributed by atoms with Gasteiger partial charge in [-0.2, -0.15) is 0 Å². The molecule has 0 aliphatic heterocycles. The van der Waals surface area contributed by atoms with Gasteiger partial charge >= 0.3 is 0 Å². The molecule has 0 bridgehead atoms. The van der Waals surface area contributed by atoms with E-state index < -0.39 is 0 Å². The third kappa shape index (κ3) is 5.96. The van der Waals surface area contributed by atoms with Gasteiger partial charge in [0, 0.05) is 22.1 Å². The summed E-state index contributed by atoms with van der Waals surface area (Å²) in [4.78, 5) is 10.5. The highest BCUT2D eigenvalue weighted by atomic mass is 14.9. The first-order valence-electron chi connectivity index (χ1n) is 20.4. The second-order valence-electron chi connectivity index (χ2n) is 16.2. The molecule has 278 valence electrons. The van der Waals surface area contributed by atoms with Gasteiger partial charge in [-0.15, -0.1) is 0 Å². The molecule has 1 aliphatic rings. The number of fused-ring (bicyclic) bond motifs is 6. The number of nitrogens with zero attached hydrogens (tertiary/aromatic N) is 2. The Balaban J connectivity index is 1.03. The van der Waals surface area contributed by atoms with Crippen LogP contribution in [0.5, 0.6) is 0 Å². The lowest BCUT2D eigenvalue weighted by Crippen LogP contribution is -2.14. The molecule has 2 heteroatoms. The Morgan fingerprint density at radius 3 is 1.63 bits per heavy atom. The minimum atomic E-state index is -0.0765. The molecular formula is C57H40N2. The third-order valence-electron chi connectivity index (χ3n) is 12.3. The molecule has 0 fully saturated rings. The maximum Gasteiger partial charge on any atom is 0.160 e. The molecule has 0 unspecified atom stereocenters. The van der Waals surface area contributed by atoms with E-state index in [4.69, 9.17) is 9.97 Å². The lowest BCUT2D eigenvalue weighted by atomic mass is 9.81. The summed E-state index contributed by atoms with van der Waals surface area (Å²) in [5.74, 6) is 0.705. The van der Waals surface area contributed by atoms with Gasteiger partial charge in [-0.3, -0.25) is 0 Å². The van der Waals surface area contributed by atoms with Gasteiger partial charge < -0.3 is 0 Å². The predicted molar refractivity (Wildman–Crippen MR) is 247 cm³/mol. The lowest BCUT2D eigenvalue weighted by molar-refractivity contribution is 0.661. The Hall–Kier alpha value is -7.42. The van der Waals surface area contributed by atoms with Crippen LogP contribution in [-0.4, -0.2) is 9.97 Å². The van der Waals surface area contributed by atoms with Crippen molar-refractivity contribution >= 4 is 21.5 Å². The van der Waals surface area contributed by atoms with Crippen molar-refractivity contribution in [3.05, 3.63) is 217 Å². The summed E-state index contributed by atoms with van der Waals surface area (Å²) in [6.07, 6.45) is 0. The number of rotatable bonds is 6. The zero-order valence-electron chi connectivity index (χ0n) is 33.0. The number of hydrogen-bond acceptors (Lipinski definition) is 2. The van der Waals surface area contributed by atoms with Gasteiger partial charge in [0.15, 0.2) is 5.82 Å². The van der Waals surface area contributed by atoms with Crippen LogP contribution in [0.2, 0.25) is 0 Å². The smallest absolute Gasteiger partial charge is 0.160 e. The van der Waals surface area contributed by atoms with Gasteiger partial charge in [0.25, 0.3) is 0 Å². The zero-order valence-corrected chi connectivity index (χ0v) is 33.0. The largest absolute Gasteiger partial charge is 0.228 e. The van der Waals surface area contributed by atoms with Crippen molar-refractivity contribution in [3.8, 4) is 78.4 Å². The summed E-state index contributed by atoms with van der Waals surface area (Å²) < 4.78 is 0. The Bertz CT molecular complexity index is 3220. The van der Waals surface area contributed by atoms with E-state index >= 15 is 0 Å². The van der Waals surface area contributed by atoms with Crippen LogP contribution in [0.3, 0.4) is 0 Å². The average molecular weight is 753 g/mol. The van der Waals surface area contributed by atoms with Gasteiger partial charge in [-0.05, 0) is 95.4 Å². The molecule has 59 heavy (non-hydrogen) atoms. The van der Waals surface area contributed by atoms with Gasteiger partial charge in [0.05, 0.1) is 11.4 Å². The molecule has 1 aromatic heterocycles. The number of hydrogen-bond donors (Lipinski definition) is 0. The van der Waals surface area contributed by atoms with Crippen LogP contribution in [-0.2, 0) is 5.41 Å². The summed E-state index contributed by atoms with van der Waals surface area (Å²) in [6.45, 7) is 4.71. The Kier molecular flexibility index (Phi) is 8.20. The molecule has 0 spiro atoms. The first-order chi connectivity index (χ1) is 29.0. The van der Waals surface area contributed by atoms with Gasteiger partial charge in [0.2, 0.25) is 0 Å². The summed E-state index contributed by atoms with van der Waals surface area (Å²) in [6, 6.07) is 74.3. The molecule has 1 heterocycles. The molecule has 0 saturated heterocycles. The highest BCUT2D eigenvalue weighted by Crippen LogP contribution is 2.52. The molecule has 10 aromatic rings. The van der Waals surface area contributed by atoms with Crippen LogP contribution in [0.1, 0.15) is 25.0 Å². The summed E-state index contributed by atoms with van der Waals surface area (Å²) in [7, 11) is 0. The van der Waals surface area contributed by atoms with E-state index in [0.29, 0.717) is 5.82 Å². The van der Waals surface area contributed by atoms with Crippen molar-refractivity contribution in [2.24, 2.45) is 0 Å². The second kappa shape index (κ2) is 13.9. The lowest BCUT2D eigenvalue weighted by Gasteiger charge is -2.22. The number of benzene rings is 9. The van der Waals surface area contributed by atoms with Crippen molar-refractivity contribution in [3.63, 3.8) is 0 Å². The van der Waals surface area contributed by atoms with Crippen LogP contribution in [0.4, 0.5) is 0 Å². The fraction of sp³-hybridized carbons (Fsp3) is 0.0526. The van der Waals surface area contributed by atoms with Crippen LogP contribution < -0.4 is 0 Å². The standard InChI is InChI=1S/C57H40N2/c1-57(2)51-32-29-43(35-50(51)55-46-21-10-9-16-40(46)28-33-52(55)57)45-30-31-49(48-23-12-11-22-47(45)48)54-36-53(58-56(59-54)41-17-7-4-8-18-41)44-20-13-19-42(34-44)39-26-24-38(25-27-39)37-14-5-3-6-15-37/h3-36H,1-2H3. The Morgan fingerprint density at radius 2 is 0.864 bits per heavy atom. The molecular weight excluding hydrogens is 713 g/mol. The first kappa shape index (κ1) is 34.8. The van der Waals surface area contributed by atoms with Crippen LogP contribution >= 0.6 is 0 Å². The predicted octanol–water partition coefficient (Wildman–Crippen LogP) is 15.1. The third-order valence-corrected chi connectivity index (χ3v) is 12.3. The Labute approximate surface area is 345 Å². The van der Waals surface area contributed by atoms with Crippen molar-refractivity contribution in [1.29, 1.82) is 0 Å². The maximum absolute atomic E-state index is 5.28. The van der Waals surface area contributed by atoms with Gasteiger partial charge in [-0.25, -0.2) is 9.97 Å². The van der Waals surface area contributed by atoms with Crippen LogP contribution in [0, 0.1) is 0 Å². The summed E-state index contributed by atoms with van der Waals surface area (Å²) >= 11 is 0. The molecule has 0 atom stereocenters. The van der Waals surface area contributed by atoms with Crippen molar-refractivity contribution in [2.45, 2.75) is 19.3 Å². The van der Waals surface area contributed by atoms with Crippen LogP contribution in [0.25, 0.3) is 100.0 Å². The topological polar surface area (TPSA) is 25.8 Å². The minimum absolute atomic E-state index is 0.0765. The molecule has 11 rings (SSSR count). The monoisotopic (exact) mass is 752 g/mol. The van der Waals surface area contributed by atoms with Crippen LogP contribution in [0.15, 0.2) is 206 Å².